The Bertz CT molecular complexity index is 205. The zero-order chi connectivity index (χ0) is 12.7. The Balaban J connectivity index is 2.10. The molecule has 0 heterocycles. The number of nitrogens with one attached hydrogen (secondary N) is 1. The van der Waals surface area contributed by atoms with Crippen molar-refractivity contribution < 1.29 is 14.6 Å². The first-order chi connectivity index (χ1) is 8.06. The van der Waals surface area contributed by atoms with Crippen LogP contribution in [0.1, 0.15) is 39.5 Å². The van der Waals surface area contributed by atoms with Crippen molar-refractivity contribution in [3.63, 3.8) is 0 Å². The lowest BCUT2D eigenvalue weighted by atomic mass is 10.0. The van der Waals surface area contributed by atoms with E-state index in [0.29, 0.717) is 19.8 Å². The first-order valence-corrected chi connectivity index (χ1v) is 6.59. The van der Waals surface area contributed by atoms with Crippen LogP contribution in [0.5, 0.6) is 0 Å². The second kappa shape index (κ2) is 7.31. The third-order valence-electron chi connectivity index (χ3n) is 3.45. The number of aliphatic hydroxyl groups is 1. The van der Waals surface area contributed by atoms with Crippen LogP contribution in [-0.4, -0.2) is 49.7 Å². The zero-order valence-corrected chi connectivity index (χ0v) is 11.4. The highest BCUT2D eigenvalue weighted by atomic mass is 16.5. The molecule has 1 saturated carbocycles. The van der Waals surface area contributed by atoms with Crippen molar-refractivity contribution in [2.75, 3.05) is 26.9 Å². The Labute approximate surface area is 105 Å². The lowest BCUT2D eigenvalue weighted by Gasteiger charge is -2.27. The van der Waals surface area contributed by atoms with Gasteiger partial charge in [-0.25, -0.2) is 0 Å². The molecule has 2 unspecified atom stereocenters. The summed E-state index contributed by atoms with van der Waals surface area (Å²) in [5.74, 6) is 0. The predicted octanol–water partition coefficient (Wildman–Crippen LogP) is 1.32. The van der Waals surface area contributed by atoms with E-state index >= 15 is 0 Å². The highest BCUT2D eigenvalue weighted by molar-refractivity contribution is 4.88. The molecule has 0 bridgehead atoms. The average molecular weight is 245 g/mol. The Morgan fingerprint density at radius 1 is 1.29 bits per heavy atom. The molecule has 0 radical (unpaired) electrons. The van der Waals surface area contributed by atoms with Crippen LogP contribution < -0.4 is 5.32 Å². The number of methoxy groups -OCH3 is 1. The molecular weight excluding hydrogens is 218 g/mol. The zero-order valence-electron chi connectivity index (χ0n) is 11.4. The van der Waals surface area contributed by atoms with Gasteiger partial charge in [-0.2, -0.15) is 0 Å². The van der Waals surface area contributed by atoms with Crippen molar-refractivity contribution in [1.29, 1.82) is 0 Å². The van der Waals surface area contributed by atoms with Gasteiger partial charge in [0.25, 0.3) is 0 Å². The Hall–Kier alpha value is -0.160. The minimum Gasteiger partial charge on any atom is -0.389 e. The fraction of sp³-hybridized carbons (Fsp3) is 1.00. The Morgan fingerprint density at radius 3 is 2.53 bits per heavy atom. The quantitative estimate of drug-likeness (QED) is 0.677. The molecule has 0 aromatic rings. The topological polar surface area (TPSA) is 50.7 Å². The van der Waals surface area contributed by atoms with Crippen molar-refractivity contribution >= 4 is 0 Å². The van der Waals surface area contributed by atoms with E-state index in [1.807, 2.05) is 6.92 Å². The summed E-state index contributed by atoms with van der Waals surface area (Å²) in [5, 5.41) is 13.3. The normalized spacial score (nSPS) is 22.6. The Morgan fingerprint density at radius 2 is 1.94 bits per heavy atom. The summed E-state index contributed by atoms with van der Waals surface area (Å²) in [6.07, 6.45) is 4.60. The highest BCUT2D eigenvalue weighted by Gasteiger charge is 2.28. The van der Waals surface area contributed by atoms with E-state index < -0.39 is 6.10 Å². The smallest absolute Gasteiger partial charge is 0.0898 e. The number of β-amino-alcohol motifs (C(OH)–C–C–N with tert-alkyl or cyclic N) is 1. The SMILES string of the molecule is COCC(C)OCC(O)CNC1(C)CCCC1. The fourth-order valence-electron chi connectivity index (χ4n) is 2.31. The minimum absolute atomic E-state index is 0.0386. The lowest BCUT2D eigenvalue weighted by molar-refractivity contribution is -0.0324. The molecule has 102 valence electrons. The van der Waals surface area contributed by atoms with Crippen LogP contribution in [0.4, 0.5) is 0 Å². The number of ether oxygens (including phenoxy) is 2. The van der Waals surface area contributed by atoms with Crippen LogP contribution in [0.3, 0.4) is 0 Å². The standard InChI is InChI=1S/C13H27NO3/c1-11(9-16-3)17-10-12(15)8-14-13(2)6-4-5-7-13/h11-12,14-15H,4-10H2,1-3H3. The molecule has 4 heteroatoms. The van der Waals surface area contributed by atoms with Gasteiger partial charge in [0.1, 0.15) is 0 Å². The first kappa shape index (κ1) is 14.9. The van der Waals surface area contributed by atoms with Gasteiger partial charge in [-0.1, -0.05) is 12.8 Å². The van der Waals surface area contributed by atoms with Crippen LogP contribution in [-0.2, 0) is 9.47 Å². The van der Waals surface area contributed by atoms with Gasteiger partial charge in [-0.15, -0.1) is 0 Å². The molecule has 2 N–H and O–H groups in total. The molecule has 0 aromatic heterocycles. The largest absolute Gasteiger partial charge is 0.389 e. The van der Waals surface area contributed by atoms with E-state index in [4.69, 9.17) is 9.47 Å². The molecule has 1 fully saturated rings. The van der Waals surface area contributed by atoms with Crippen LogP contribution in [0.15, 0.2) is 0 Å². The molecule has 1 rings (SSSR count). The van der Waals surface area contributed by atoms with Gasteiger partial charge in [-0.05, 0) is 26.7 Å². The van der Waals surface area contributed by atoms with Crippen LogP contribution >= 0.6 is 0 Å². The third kappa shape index (κ3) is 5.82. The van der Waals surface area contributed by atoms with Gasteiger partial charge in [0.2, 0.25) is 0 Å². The van der Waals surface area contributed by atoms with Gasteiger partial charge >= 0.3 is 0 Å². The summed E-state index contributed by atoms with van der Waals surface area (Å²) in [5.41, 5.74) is 0.221. The molecule has 4 nitrogen and oxygen atoms in total. The number of rotatable bonds is 8. The molecule has 2 atom stereocenters. The van der Waals surface area contributed by atoms with Gasteiger partial charge in [0.15, 0.2) is 0 Å². The maximum atomic E-state index is 9.81. The van der Waals surface area contributed by atoms with Gasteiger partial charge in [0.05, 0.1) is 25.4 Å². The van der Waals surface area contributed by atoms with Crippen molar-refractivity contribution in [3.05, 3.63) is 0 Å². The molecule has 0 aliphatic heterocycles. The summed E-state index contributed by atoms with van der Waals surface area (Å²) < 4.78 is 10.4. The van der Waals surface area contributed by atoms with Crippen LogP contribution in [0.2, 0.25) is 0 Å². The fourth-order valence-corrected chi connectivity index (χ4v) is 2.31. The average Bonchev–Trinajstić information content (AvgIpc) is 2.72. The van der Waals surface area contributed by atoms with Gasteiger partial charge in [-0.3, -0.25) is 0 Å². The Kier molecular flexibility index (Phi) is 6.41. The maximum absolute atomic E-state index is 9.81. The summed E-state index contributed by atoms with van der Waals surface area (Å²) >= 11 is 0. The molecule has 17 heavy (non-hydrogen) atoms. The molecule has 1 aliphatic rings. The summed E-state index contributed by atoms with van der Waals surface area (Å²) in [4.78, 5) is 0. The molecule has 0 amide bonds. The number of aliphatic hydroxyl groups excluding tert-OH is 1. The molecule has 0 saturated heterocycles. The summed E-state index contributed by atoms with van der Waals surface area (Å²) in [7, 11) is 1.65. The number of hydrogen-bond donors (Lipinski definition) is 2. The molecule has 0 spiro atoms. The number of hydrogen-bond acceptors (Lipinski definition) is 4. The lowest BCUT2D eigenvalue weighted by Crippen LogP contribution is -2.44. The molecule has 1 aliphatic carbocycles. The van der Waals surface area contributed by atoms with Crippen molar-refractivity contribution in [2.24, 2.45) is 0 Å². The van der Waals surface area contributed by atoms with Crippen LogP contribution in [0.25, 0.3) is 0 Å². The third-order valence-corrected chi connectivity index (χ3v) is 3.45. The summed E-state index contributed by atoms with van der Waals surface area (Å²) in [6.45, 7) is 5.73. The predicted molar refractivity (Wildman–Crippen MR) is 68.2 cm³/mol. The first-order valence-electron chi connectivity index (χ1n) is 6.59. The van der Waals surface area contributed by atoms with E-state index in [0.717, 1.165) is 0 Å². The second-order valence-corrected chi connectivity index (χ2v) is 5.40. The van der Waals surface area contributed by atoms with Gasteiger partial charge < -0.3 is 19.9 Å². The van der Waals surface area contributed by atoms with E-state index in [-0.39, 0.29) is 11.6 Å². The van der Waals surface area contributed by atoms with Crippen molar-refractivity contribution in [2.45, 2.75) is 57.3 Å². The van der Waals surface area contributed by atoms with Gasteiger partial charge in [0, 0.05) is 19.2 Å². The maximum Gasteiger partial charge on any atom is 0.0898 e. The van der Waals surface area contributed by atoms with Crippen molar-refractivity contribution in [3.8, 4) is 0 Å². The summed E-state index contributed by atoms with van der Waals surface area (Å²) in [6, 6.07) is 0. The second-order valence-electron chi connectivity index (χ2n) is 5.40. The molecule has 0 aromatic carbocycles. The minimum atomic E-state index is -0.438. The molecular formula is C13H27NO3. The van der Waals surface area contributed by atoms with Crippen LogP contribution in [0, 0.1) is 0 Å². The highest BCUT2D eigenvalue weighted by Crippen LogP contribution is 2.28. The van der Waals surface area contributed by atoms with E-state index in [1.54, 1.807) is 7.11 Å². The van der Waals surface area contributed by atoms with E-state index in [1.165, 1.54) is 25.7 Å². The monoisotopic (exact) mass is 245 g/mol. The van der Waals surface area contributed by atoms with Crippen molar-refractivity contribution in [1.82, 2.24) is 5.32 Å². The van der Waals surface area contributed by atoms with E-state index in [9.17, 15) is 5.11 Å². The van der Waals surface area contributed by atoms with E-state index in [2.05, 4.69) is 12.2 Å².